The predicted octanol–water partition coefficient (Wildman–Crippen LogP) is 1.69. The largest absolute Gasteiger partial charge is 0.496 e. The summed E-state index contributed by atoms with van der Waals surface area (Å²) in [4.78, 5) is -0.0986. The summed E-state index contributed by atoms with van der Waals surface area (Å²) in [6, 6.07) is 11.7. The molecule has 136 valence electrons. The molecule has 1 unspecified atom stereocenters. The Morgan fingerprint density at radius 1 is 1.00 bits per heavy atom. The Morgan fingerprint density at radius 3 is 2.04 bits per heavy atom. The van der Waals surface area contributed by atoms with Crippen LogP contribution < -0.4 is 24.7 Å². The third kappa shape index (κ3) is 4.41. The van der Waals surface area contributed by atoms with Crippen molar-refractivity contribution in [1.29, 1.82) is 0 Å². The van der Waals surface area contributed by atoms with Gasteiger partial charge in [0, 0.05) is 24.7 Å². The van der Waals surface area contributed by atoms with Crippen molar-refractivity contribution in [3.8, 4) is 17.2 Å². The van der Waals surface area contributed by atoms with E-state index >= 15 is 0 Å². The van der Waals surface area contributed by atoms with Crippen LogP contribution in [0.2, 0.25) is 0 Å². The number of benzene rings is 2. The number of hydrogen-bond acceptors (Lipinski definition) is 6. The van der Waals surface area contributed by atoms with Gasteiger partial charge in [-0.15, -0.1) is 0 Å². The molecule has 3 N–H and O–H groups in total. The number of ether oxygens (including phenoxy) is 3. The lowest BCUT2D eigenvalue weighted by atomic mass is 10.1. The first-order chi connectivity index (χ1) is 11.9. The van der Waals surface area contributed by atoms with Crippen LogP contribution in [0.25, 0.3) is 0 Å². The minimum atomic E-state index is -3.91. The van der Waals surface area contributed by atoms with Gasteiger partial charge in [0.15, 0.2) is 4.90 Å². The molecule has 8 heteroatoms. The second kappa shape index (κ2) is 8.19. The van der Waals surface area contributed by atoms with Crippen LogP contribution >= 0.6 is 0 Å². The second-order valence-electron chi connectivity index (χ2n) is 5.23. The Balaban J connectivity index is 2.30. The zero-order valence-electron chi connectivity index (χ0n) is 14.4. The molecule has 7 nitrogen and oxygen atoms in total. The van der Waals surface area contributed by atoms with Crippen LogP contribution in [0.3, 0.4) is 0 Å². The summed E-state index contributed by atoms with van der Waals surface area (Å²) in [5, 5.41) is 0. The van der Waals surface area contributed by atoms with Crippen LogP contribution in [-0.4, -0.2) is 36.3 Å². The van der Waals surface area contributed by atoms with Gasteiger partial charge in [0.05, 0.1) is 21.3 Å². The van der Waals surface area contributed by atoms with Crippen molar-refractivity contribution in [2.45, 2.75) is 10.9 Å². The quantitative estimate of drug-likeness (QED) is 0.737. The highest BCUT2D eigenvalue weighted by Crippen LogP contribution is 2.37. The maximum absolute atomic E-state index is 12.8. The molecule has 0 aromatic heterocycles. The first-order valence-electron chi connectivity index (χ1n) is 7.53. The van der Waals surface area contributed by atoms with Crippen LogP contribution in [0, 0.1) is 0 Å². The summed E-state index contributed by atoms with van der Waals surface area (Å²) in [5.41, 5.74) is 6.89. The van der Waals surface area contributed by atoms with E-state index in [0.717, 1.165) is 5.56 Å². The fourth-order valence-electron chi connectivity index (χ4n) is 2.33. The first kappa shape index (κ1) is 19.0. The van der Waals surface area contributed by atoms with E-state index < -0.39 is 16.1 Å². The molecule has 0 saturated heterocycles. The topological polar surface area (TPSA) is 99.9 Å². The van der Waals surface area contributed by atoms with Gasteiger partial charge in [-0.1, -0.05) is 30.3 Å². The van der Waals surface area contributed by atoms with E-state index in [-0.39, 0.29) is 22.9 Å². The van der Waals surface area contributed by atoms with Crippen molar-refractivity contribution in [3.05, 3.63) is 48.0 Å². The minimum absolute atomic E-state index is 0.0324. The van der Waals surface area contributed by atoms with E-state index in [4.69, 9.17) is 19.9 Å². The number of rotatable bonds is 8. The fraction of sp³-hybridized carbons (Fsp3) is 0.294. The van der Waals surface area contributed by atoms with E-state index in [1.165, 1.54) is 33.5 Å². The molecule has 0 saturated carbocycles. The van der Waals surface area contributed by atoms with Crippen molar-refractivity contribution in [1.82, 2.24) is 4.72 Å². The highest BCUT2D eigenvalue weighted by atomic mass is 32.2. The zero-order valence-corrected chi connectivity index (χ0v) is 15.2. The first-order valence-corrected chi connectivity index (χ1v) is 9.01. The molecule has 2 aromatic rings. The third-order valence-corrected chi connectivity index (χ3v) is 5.15. The third-order valence-electron chi connectivity index (χ3n) is 3.66. The zero-order chi connectivity index (χ0) is 18.4. The average molecular weight is 366 g/mol. The molecule has 0 aliphatic carbocycles. The second-order valence-corrected chi connectivity index (χ2v) is 6.93. The van der Waals surface area contributed by atoms with Crippen LogP contribution in [-0.2, 0) is 10.0 Å². The highest BCUT2D eigenvalue weighted by molar-refractivity contribution is 7.89. The van der Waals surface area contributed by atoms with Gasteiger partial charge in [0.2, 0.25) is 10.0 Å². The Morgan fingerprint density at radius 2 is 1.56 bits per heavy atom. The molecule has 0 aliphatic heterocycles. The molecular formula is C17H22N2O5S. The molecule has 25 heavy (non-hydrogen) atoms. The summed E-state index contributed by atoms with van der Waals surface area (Å²) in [6.45, 7) is 0.0324. The van der Waals surface area contributed by atoms with Gasteiger partial charge in [0.1, 0.15) is 17.2 Å². The lowest BCUT2D eigenvalue weighted by molar-refractivity contribution is 0.358. The number of sulfonamides is 1. The summed E-state index contributed by atoms with van der Waals surface area (Å²) in [6.07, 6.45) is 0. The number of nitrogens with one attached hydrogen (secondary N) is 1. The lowest BCUT2D eigenvalue weighted by Crippen LogP contribution is -2.32. The Bertz CT molecular complexity index is 784. The summed E-state index contributed by atoms with van der Waals surface area (Å²) < 4.78 is 43.5. The molecule has 0 heterocycles. The molecule has 0 bridgehead atoms. The highest BCUT2D eigenvalue weighted by Gasteiger charge is 2.26. The van der Waals surface area contributed by atoms with Gasteiger partial charge in [-0.3, -0.25) is 0 Å². The monoisotopic (exact) mass is 366 g/mol. The van der Waals surface area contributed by atoms with E-state index in [1.807, 2.05) is 30.3 Å². The smallest absolute Gasteiger partial charge is 0.248 e. The molecule has 0 spiro atoms. The van der Waals surface area contributed by atoms with Crippen LogP contribution in [0.1, 0.15) is 11.6 Å². The number of nitrogens with two attached hydrogens (primary N) is 1. The predicted molar refractivity (Wildman–Crippen MR) is 94.7 cm³/mol. The number of hydrogen-bond donors (Lipinski definition) is 2. The van der Waals surface area contributed by atoms with Gasteiger partial charge < -0.3 is 19.9 Å². The molecule has 0 fully saturated rings. The minimum Gasteiger partial charge on any atom is -0.496 e. The molecule has 1 atom stereocenters. The normalized spacial score (nSPS) is 12.5. The lowest BCUT2D eigenvalue weighted by Gasteiger charge is -2.17. The van der Waals surface area contributed by atoms with E-state index in [2.05, 4.69) is 4.72 Å². The Kier molecular flexibility index (Phi) is 6.24. The summed E-state index contributed by atoms with van der Waals surface area (Å²) in [5.74, 6) is 0.669. The van der Waals surface area contributed by atoms with Gasteiger partial charge >= 0.3 is 0 Å². The number of methoxy groups -OCH3 is 3. The SMILES string of the molecule is COc1cc(OC)c(S(=O)(=O)NCC(N)c2ccccc2)c(OC)c1. The van der Waals surface area contributed by atoms with Crippen molar-refractivity contribution >= 4 is 10.0 Å². The molecule has 0 aliphatic rings. The Hall–Kier alpha value is -2.29. The maximum Gasteiger partial charge on any atom is 0.248 e. The molecule has 2 aromatic carbocycles. The van der Waals surface area contributed by atoms with Crippen molar-refractivity contribution in [2.24, 2.45) is 5.73 Å². The molecule has 0 radical (unpaired) electrons. The van der Waals surface area contributed by atoms with Crippen molar-refractivity contribution in [3.63, 3.8) is 0 Å². The van der Waals surface area contributed by atoms with Gasteiger partial charge in [-0.2, -0.15) is 0 Å². The van der Waals surface area contributed by atoms with Crippen molar-refractivity contribution in [2.75, 3.05) is 27.9 Å². The van der Waals surface area contributed by atoms with Gasteiger partial charge in [0.25, 0.3) is 0 Å². The standard InChI is InChI=1S/C17H22N2O5S/c1-22-13-9-15(23-2)17(16(10-13)24-3)25(20,21)19-11-14(18)12-7-5-4-6-8-12/h4-10,14,19H,11,18H2,1-3H3. The average Bonchev–Trinajstić information content (AvgIpc) is 2.65. The molecule has 2 rings (SSSR count). The maximum atomic E-state index is 12.8. The van der Waals surface area contributed by atoms with Crippen LogP contribution in [0.4, 0.5) is 0 Å². The summed E-state index contributed by atoms with van der Waals surface area (Å²) in [7, 11) is 0.318. The van der Waals surface area contributed by atoms with Crippen LogP contribution in [0.15, 0.2) is 47.4 Å². The van der Waals surface area contributed by atoms with E-state index in [1.54, 1.807) is 0 Å². The molecule has 0 amide bonds. The van der Waals surface area contributed by atoms with Gasteiger partial charge in [-0.05, 0) is 5.56 Å². The Labute approximate surface area is 147 Å². The van der Waals surface area contributed by atoms with Crippen molar-refractivity contribution < 1.29 is 22.6 Å². The van der Waals surface area contributed by atoms with E-state index in [0.29, 0.717) is 5.75 Å². The van der Waals surface area contributed by atoms with Crippen LogP contribution in [0.5, 0.6) is 17.2 Å². The van der Waals surface area contributed by atoms with Gasteiger partial charge in [-0.25, -0.2) is 13.1 Å². The molecular weight excluding hydrogens is 344 g/mol. The summed E-state index contributed by atoms with van der Waals surface area (Å²) >= 11 is 0. The van der Waals surface area contributed by atoms with E-state index in [9.17, 15) is 8.42 Å². The fourth-order valence-corrected chi connectivity index (χ4v) is 3.69.